The fraction of sp³-hybridized carbons (Fsp3) is 0.355. The Morgan fingerprint density at radius 2 is 1.81 bits per heavy atom. The van der Waals surface area contributed by atoms with Crippen molar-refractivity contribution >= 4 is 16.8 Å². The molecule has 1 aliphatic carbocycles. The lowest BCUT2D eigenvalue weighted by molar-refractivity contribution is -0.138. The van der Waals surface area contributed by atoms with Gasteiger partial charge in [-0.1, -0.05) is 48.5 Å². The number of benzene rings is 2. The zero-order valence-corrected chi connectivity index (χ0v) is 21.3. The minimum Gasteiger partial charge on any atom is -0.343 e. The van der Waals surface area contributed by atoms with Crippen LogP contribution in [0.15, 0.2) is 83.9 Å². The van der Waals surface area contributed by atoms with Crippen LogP contribution in [0.2, 0.25) is 0 Å². The van der Waals surface area contributed by atoms with Gasteiger partial charge in [0.15, 0.2) is 0 Å². The van der Waals surface area contributed by atoms with Crippen LogP contribution in [0, 0.1) is 5.92 Å². The molecule has 0 radical (unpaired) electrons. The number of aryl methyl sites for hydroxylation is 1. The number of nitrogens with zero attached hydrogens (tertiary/aromatic N) is 3. The summed E-state index contributed by atoms with van der Waals surface area (Å²) in [4.78, 5) is 28.6. The van der Waals surface area contributed by atoms with Gasteiger partial charge in [-0.25, -0.2) is 0 Å². The number of nitrogens with one attached hydrogen (secondary N) is 1. The van der Waals surface area contributed by atoms with Crippen molar-refractivity contribution in [2.45, 2.75) is 44.3 Å². The predicted octanol–water partition coefficient (Wildman–Crippen LogP) is 4.27. The molecule has 2 aromatic carbocycles. The lowest BCUT2D eigenvalue weighted by Gasteiger charge is -2.35. The minimum absolute atomic E-state index is 0.0208. The van der Waals surface area contributed by atoms with Crippen molar-refractivity contribution in [2.24, 2.45) is 13.0 Å². The smallest absolute Gasteiger partial charge is 0.250 e. The lowest BCUT2D eigenvalue weighted by atomic mass is 9.80. The van der Waals surface area contributed by atoms with E-state index in [0.29, 0.717) is 19.1 Å². The van der Waals surface area contributed by atoms with Crippen LogP contribution in [0.3, 0.4) is 0 Å². The molecule has 1 aliphatic heterocycles. The number of carbonyl (C=O) groups excluding carboxylic acids is 1. The molecule has 37 heavy (non-hydrogen) atoms. The van der Waals surface area contributed by atoms with Gasteiger partial charge in [-0.3, -0.25) is 9.59 Å². The van der Waals surface area contributed by atoms with E-state index in [1.54, 1.807) is 17.7 Å². The summed E-state index contributed by atoms with van der Waals surface area (Å²) in [5.41, 5.74) is 4.61. The lowest BCUT2D eigenvalue weighted by Crippen LogP contribution is -2.47. The maximum Gasteiger partial charge on any atom is 0.250 e. The molecule has 1 amide bonds. The number of hydrogen-bond donors (Lipinski definition) is 1. The summed E-state index contributed by atoms with van der Waals surface area (Å²) in [5, 5.41) is 4.66. The number of hydrogen-bond acceptors (Lipinski definition) is 3. The van der Waals surface area contributed by atoms with Gasteiger partial charge in [0, 0.05) is 62.1 Å². The monoisotopic (exact) mass is 494 g/mol. The predicted molar refractivity (Wildman–Crippen MR) is 146 cm³/mol. The van der Waals surface area contributed by atoms with Crippen molar-refractivity contribution in [2.75, 3.05) is 13.1 Å². The van der Waals surface area contributed by atoms with Crippen LogP contribution < -0.4 is 10.9 Å². The molecule has 6 nitrogen and oxygen atoms in total. The average molecular weight is 495 g/mol. The number of piperidine rings is 1. The Balaban J connectivity index is 1.30. The Hall–Kier alpha value is -3.64. The van der Waals surface area contributed by atoms with Crippen LogP contribution in [0.25, 0.3) is 10.9 Å². The highest BCUT2D eigenvalue weighted by Crippen LogP contribution is 2.36. The summed E-state index contributed by atoms with van der Waals surface area (Å²) in [6.45, 7) is 2.93. The zero-order chi connectivity index (χ0) is 25.4. The van der Waals surface area contributed by atoms with E-state index < -0.39 is 0 Å². The highest BCUT2D eigenvalue weighted by atomic mass is 16.2. The van der Waals surface area contributed by atoms with Crippen molar-refractivity contribution in [3.8, 4) is 0 Å². The van der Waals surface area contributed by atoms with Crippen LogP contribution in [-0.2, 0) is 24.9 Å². The van der Waals surface area contributed by atoms with Crippen molar-refractivity contribution in [1.82, 2.24) is 19.4 Å². The van der Waals surface area contributed by atoms with Crippen LogP contribution in [-0.4, -0.2) is 39.1 Å². The molecule has 1 saturated heterocycles. The van der Waals surface area contributed by atoms with Crippen molar-refractivity contribution < 1.29 is 4.79 Å². The Labute approximate surface area is 217 Å². The third kappa shape index (κ3) is 4.86. The molecule has 190 valence electrons. The molecule has 2 atom stereocenters. The van der Waals surface area contributed by atoms with Crippen molar-refractivity contribution in [3.63, 3.8) is 0 Å². The molecule has 0 bridgehead atoms. The number of aromatic nitrogens is 2. The van der Waals surface area contributed by atoms with E-state index in [0.717, 1.165) is 37.9 Å². The van der Waals surface area contributed by atoms with Crippen molar-refractivity contribution in [3.05, 3.63) is 106 Å². The van der Waals surface area contributed by atoms with E-state index in [4.69, 9.17) is 0 Å². The Morgan fingerprint density at radius 3 is 2.59 bits per heavy atom. The van der Waals surface area contributed by atoms with Crippen LogP contribution in [0.1, 0.15) is 41.9 Å². The van der Waals surface area contributed by atoms with Gasteiger partial charge < -0.3 is 19.4 Å². The van der Waals surface area contributed by atoms with E-state index >= 15 is 0 Å². The third-order valence-corrected chi connectivity index (χ3v) is 8.03. The summed E-state index contributed by atoms with van der Waals surface area (Å²) in [6.07, 6.45) is 7.04. The highest BCUT2D eigenvalue weighted by Gasteiger charge is 2.40. The molecule has 0 spiro atoms. The second-order valence-corrected chi connectivity index (χ2v) is 10.6. The van der Waals surface area contributed by atoms with Gasteiger partial charge in [0.2, 0.25) is 5.91 Å². The maximum absolute atomic E-state index is 14.1. The quantitative estimate of drug-likeness (QED) is 0.417. The second kappa shape index (κ2) is 10.0. The number of carbonyl (C=O) groups is 1. The molecule has 2 aliphatic rings. The van der Waals surface area contributed by atoms with Gasteiger partial charge in [0.1, 0.15) is 0 Å². The molecule has 6 heteroatoms. The van der Waals surface area contributed by atoms with Crippen LogP contribution in [0.5, 0.6) is 0 Å². The SMILES string of the molecule is Cn1ccc(C2CCNC[C@@H]2C(=O)N(Cc2cn(Cc3ccccc3)c3ccccc23)C2CC2)cc1=O. The third-order valence-electron chi connectivity index (χ3n) is 8.03. The Kier molecular flexibility index (Phi) is 6.43. The molecular weight excluding hydrogens is 460 g/mol. The Morgan fingerprint density at radius 1 is 1.03 bits per heavy atom. The maximum atomic E-state index is 14.1. The first-order valence-corrected chi connectivity index (χ1v) is 13.4. The number of para-hydroxylation sites is 1. The summed E-state index contributed by atoms with van der Waals surface area (Å²) in [6, 6.07) is 23.0. The molecule has 6 rings (SSSR count). The Bertz CT molecular complexity index is 1470. The fourth-order valence-electron chi connectivity index (χ4n) is 5.84. The molecule has 2 aromatic heterocycles. The first-order chi connectivity index (χ1) is 18.1. The number of fused-ring (bicyclic) bond motifs is 1. The molecule has 3 heterocycles. The van der Waals surface area contributed by atoms with Gasteiger partial charge in [-0.05, 0) is 60.5 Å². The van der Waals surface area contributed by atoms with E-state index in [1.807, 2.05) is 18.3 Å². The van der Waals surface area contributed by atoms with Gasteiger partial charge in [-0.15, -0.1) is 0 Å². The van der Waals surface area contributed by atoms with E-state index in [1.165, 1.54) is 22.0 Å². The normalized spacial score (nSPS) is 19.7. The summed E-state index contributed by atoms with van der Waals surface area (Å²) in [7, 11) is 1.76. The average Bonchev–Trinajstić information content (AvgIpc) is 3.72. The fourth-order valence-corrected chi connectivity index (χ4v) is 5.84. The van der Waals surface area contributed by atoms with E-state index in [-0.39, 0.29) is 23.3 Å². The summed E-state index contributed by atoms with van der Waals surface area (Å²) >= 11 is 0. The zero-order valence-electron chi connectivity index (χ0n) is 21.3. The van der Waals surface area contributed by atoms with Crippen molar-refractivity contribution in [1.29, 1.82) is 0 Å². The van der Waals surface area contributed by atoms with Crippen LogP contribution in [0.4, 0.5) is 0 Å². The molecular formula is C31H34N4O2. The van der Waals surface area contributed by atoms with E-state index in [2.05, 4.69) is 69.5 Å². The standard InChI is InChI=1S/C31H34N4O2/c1-33-16-14-23(17-30(33)36)26-13-15-32-18-28(26)31(37)35(25-11-12-25)21-24-20-34(19-22-7-3-2-4-8-22)29-10-6-5-9-27(24)29/h2-10,14,16-17,20,25-26,28,32H,11-13,15,18-19,21H2,1H3/t26?,28-/m0/s1. The molecule has 1 N–H and O–H groups in total. The van der Waals surface area contributed by atoms with Gasteiger partial charge in [0.05, 0.1) is 5.92 Å². The molecule has 2 fully saturated rings. The first kappa shape index (κ1) is 23.7. The van der Waals surface area contributed by atoms with E-state index in [9.17, 15) is 9.59 Å². The largest absolute Gasteiger partial charge is 0.343 e. The topological polar surface area (TPSA) is 59.3 Å². The summed E-state index contributed by atoms with van der Waals surface area (Å²) in [5.74, 6) is 0.0997. The van der Waals surface area contributed by atoms with Gasteiger partial charge in [0.25, 0.3) is 5.56 Å². The number of amides is 1. The first-order valence-electron chi connectivity index (χ1n) is 13.4. The molecule has 1 saturated carbocycles. The van der Waals surface area contributed by atoms with Gasteiger partial charge in [-0.2, -0.15) is 0 Å². The van der Waals surface area contributed by atoms with Crippen LogP contribution >= 0.6 is 0 Å². The van der Waals surface area contributed by atoms with Gasteiger partial charge >= 0.3 is 0 Å². The number of pyridine rings is 1. The molecule has 4 aromatic rings. The highest BCUT2D eigenvalue weighted by molar-refractivity contribution is 5.86. The second-order valence-electron chi connectivity index (χ2n) is 10.6. The minimum atomic E-state index is -0.167. The number of rotatable bonds is 7. The molecule has 1 unspecified atom stereocenters. The summed E-state index contributed by atoms with van der Waals surface area (Å²) < 4.78 is 3.89.